The Bertz CT molecular complexity index is 1090. The Morgan fingerprint density at radius 3 is 2.79 bits per heavy atom. The van der Waals surface area contributed by atoms with Gasteiger partial charge in [0.25, 0.3) is 0 Å². The first-order chi connectivity index (χ1) is 18.3. The van der Waals surface area contributed by atoms with Gasteiger partial charge in [-0.25, -0.2) is 12.8 Å². The van der Waals surface area contributed by atoms with Crippen molar-refractivity contribution in [3.63, 3.8) is 0 Å². The number of amides is 1. The lowest BCUT2D eigenvalue weighted by molar-refractivity contribution is -0.124. The predicted octanol–water partition coefficient (Wildman–Crippen LogP) is 3.07. The van der Waals surface area contributed by atoms with Crippen molar-refractivity contribution < 1.29 is 22.3 Å². The van der Waals surface area contributed by atoms with Crippen molar-refractivity contribution in [2.45, 2.75) is 75.5 Å². The molecule has 3 aliphatic heterocycles. The summed E-state index contributed by atoms with van der Waals surface area (Å²) in [4.78, 5) is 15.5. The van der Waals surface area contributed by atoms with Crippen LogP contribution in [0, 0.1) is 11.7 Å². The maximum absolute atomic E-state index is 14.3. The summed E-state index contributed by atoms with van der Waals surface area (Å²) in [6.45, 7) is 3.82. The van der Waals surface area contributed by atoms with Gasteiger partial charge in [0, 0.05) is 56.8 Å². The summed E-state index contributed by atoms with van der Waals surface area (Å²) in [5.74, 6) is 0.0619. The molecule has 3 saturated heterocycles. The molecule has 38 heavy (non-hydrogen) atoms. The van der Waals surface area contributed by atoms with Gasteiger partial charge >= 0.3 is 0 Å². The molecule has 0 aromatic heterocycles. The molecule has 1 aliphatic carbocycles. The number of rotatable bonds is 8. The molecule has 1 aromatic rings. The highest BCUT2D eigenvalue weighted by Crippen LogP contribution is 2.33. The van der Waals surface area contributed by atoms with Crippen molar-refractivity contribution in [1.82, 2.24) is 19.8 Å². The molecule has 2 N–H and O–H groups in total. The number of carbonyl (C=O) groups excluding carboxylic acids is 1. The molecule has 0 spiro atoms. The number of carbonyl (C=O) groups is 1. The summed E-state index contributed by atoms with van der Waals surface area (Å²) in [5, 5.41) is 6.91. The molecule has 4 fully saturated rings. The minimum atomic E-state index is -3.20. The lowest BCUT2D eigenvalue weighted by Crippen LogP contribution is -2.57. The molecule has 1 unspecified atom stereocenters. The molecule has 1 aromatic carbocycles. The van der Waals surface area contributed by atoms with Gasteiger partial charge < -0.3 is 15.4 Å². The van der Waals surface area contributed by atoms with Gasteiger partial charge in [-0.1, -0.05) is 24.1 Å². The van der Waals surface area contributed by atoms with Crippen LogP contribution in [0.4, 0.5) is 4.39 Å². The molecular formula is C27H40ClFN4O4S. The topological polar surface area (TPSA) is 91.0 Å². The molecule has 11 heteroatoms. The molecule has 1 amide bonds. The number of hydrogen-bond donors (Lipinski definition) is 2. The second kappa shape index (κ2) is 12.5. The zero-order valence-corrected chi connectivity index (χ0v) is 23.5. The summed E-state index contributed by atoms with van der Waals surface area (Å²) in [6.07, 6.45) is 6.58. The zero-order chi connectivity index (χ0) is 26.7. The standard InChI is InChI=1S/C27H40ClFN4O4S/c28-23-9-7-20(15-24(23)29)26(32-10-12-37-13-11-32)16-27(34)31-25-5-1-3-19(25)6-8-22-17-30-21-4-2-14-38(35,36)33(22)18-21/h7,9,15,19,21-22,25-26,30H,1-6,8,10-14,16-18H2,(H,31,34)/t19-,21-,22+,25+,26+/m1/s1. The number of sulfonamides is 1. The van der Waals surface area contributed by atoms with Crippen LogP contribution in [0.1, 0.15) is 63.0 Å². The quantitative estimate of drug-likeness (QED) is 0.499. The molecule has 4 aliphatic rings. The number of hydrogen-bond acceptors (Lipinski definition) is 6. The van der Waals surface area contributed by atoms with E-state index in [4.69, 9.17) is 16.3 Å². The van der Waals surface area contributed by atoms with E-state index in [1.807, 2.05) is 0 Å². The third-order valence-corrected chi connectivity index (χ3v) is 11.1. The van der Waals surface area contributed by atoms with Gasteiger partial charge in [0.15, 0.2) is 0 Å². The van der Waals surface area contributed by atoms with Crippen molar-refractivity contribution in [2.75, 3.05) is 45.1 Å². The number of ether oxygens (including phenoxy) is 1. The third-order valence-electron chi connectivity index (χ3n) is 8.83. The highest BCUT2D eigenvalue weighted by atomic mass is 35.5. The van der Waals surface area contributed by atoms with E-state index in [2.05, 4.69) is 15.5 Å². The Balaban J connectivity index is 1.20. The molecule has 1 saturated carbocycles. The lowest BCUT2D eigenvalue weighted by Gasteiger charge is -2.38. The van der Waals surface area contributed by atoms with E-state index in [1.165, 1.54) is 6.07 Å². The molecular weight excluding hydrogens is 531 g/mol. The minimum Gasteiger partial charge on any atom is -0.379 e. The van der Waals surface area contributed by atoms with Crippen molar-refractivity contribution in [3.05, 3.63) is 34.6 Å². The zero-order valence-electron chi connectivity index (χ0n) is 21.9. The average molecular weight is 571 g/mol. The van der Waals surface area contributed by atoms with Gasteiger partial charge in [-0.15, -0.1) is 0 Å². The fourth-order valence-corrected chi connectivity index (χ4v) is 8.66. The van der Waals surface area contributed by atoms with Crippen LogP contribution in [0.15, 0.2) is 18.2 Å². The maximum Gasteiger partial charge on any atom is 0.222 e. The molecule has 8 nitrogen and oxygen atoms in total. The Hall–Kier alpha value is -1.30. The molecule has 212 valence electrons. The fourth-order valence-electron chi connectivity index (χ4n) is 6.73. The first kappa shape index (κ1) is 28.2. The van der Waals surface area contributed by atoms with Gasteiger partial charge in [-0.05, 0) is 62.1 Å². The Labute approximate surface area is 230 Å². The largest absolute Gasteiger partial charge is 0.379 e. The second-order valence-corrected chi connectivity index (χ2v) is 13.7. The molecule has 0 radical (unpaired) electrons. The van der Waals surface area contributed by atoms with Gasteiger partial charge in [0.1, 0.15) is 5.82 Å². The lowest BCUT2D eigenvalue weighted by atomic mass is 9.93. The number of halogens is 2. The van der Waals surface area contributed by atoms with E-state index >= 15 is 0 Å². The van der Waals surface area contributed by atoms with Crippen molar-refractivity contribution >= 4 is 27.5 Å². The highest BCUT2D eigenvalue weighted by Gasteiger charge is 2.39. The number of benzene rings is 1. The number of fused-ring (bicyclic) bond motifs is 2. The van der Waals surface area contributed by atoms with Gasteiger partial charge in [-0.2, -0.15) is 4.31 Å². The first-order valence-corrected chi connectivity index (χ1v) is 16.1. The predicted molar refractivity (Wildman–Crippen MR) is 145 cm³/mol. The Morgan fingerprint density at radius 1 is 1.18 bits per heavy atom. The summed E-state index contributed by atoms with van der Waals surface area (Å²) in [5.41, 5.74) is 0.744. The van der Waals surface area contributed by atoms with Crippen LogP contribution in [0.2, 0.25) is 5.02 Å². The monoisotopic (exact) mass is 570 g/mol. The third kappa shape index (κ3) is 6.70. The Morgan fingerprint density at radius 2 is 2.00 bits per heavy atom. The van der Waals surface area contributed by atoms with E-state index < -0.39 is 15.8 Å². The number of piperazine rings is 1. The van der Waals surface area contributed by atoms with Crippen molar-refractivity contribution in [3.8, 4) is 0 Å². The van der Waals surface area contributed by atoms with Crippen LogP contribution < -0.4 is 10.6 Å². The van der Waals surface area contributed by atoms with Crippen LogP contribution in [-0.4, -0.2) is 86.8 Å². The molecule has 5 rings (SSSR count). The van der Waals surface area contributed by atoms with Crippen LogP contribution in [0.3, 0.4) is 0 Å². The number of nitrogens with zero attached hydrogens (tertiary/aromatic N) is 2. The Kier molecular flexibility index (Phi) is 9.27. The van der Waals surface area contributed by atoms with E-state index in [-0.39, 0.29) is 47.3 Å². The number of morpholine rings is 1. The molecule has 6 atom stereocenters. The SMILES string of the molecule is O=C(C[C@@H](c1ccc(Cl)c(F)c1)N1CCOCC1)N[C@H]1CCC[C@@H]1CC[C@H]1CN[C@@H]2CCCS(=O)(=O)N1C2. The summed E-state index contributed by atoms with van der Waals surface area (Å²) in [6, 6.07) is 4.87. The van der Waals surface area contributed by atoms with E-state index in [0.29, 0.717) is 51.7 Å². The summed E-state index contributed by atoms with van der Waals surface area (Å²) >= 11 is 5.92. The van der Waals surface area contributed by atoms with Crippen LogP contribution in [0.25, 0.3) is 0 Å². The number of nitrogens with one attached hydrogen (secondary N) is 2. The summed E-state index contributed by atoms with van der Waals surface area (Å²) < 4.78 is 47.2. The smallest absolute Gasteiger partial charge is 0.222 e. The second-order valence-electron chi connectivity index (χ2n) is 11.3. The highest BCUT2D eigenvalue weighted by molar-refractivity contribution is 7.89. The molecule has 3 heterocycles. The first-order valence-electron chi connectivity index (χ1n) is 14.1. The summed E-state index contributed by atoms with van der Waals surface area (Å²) in [7, 11) is -3.20. The fraction of sp³-hybridized carbons (Fsp3) is 0.741. The normalized spacial score (nSPS) is 32.4. The average Bonchev–Trinajstić information content (AvgIpc) is 3.30. The minimum absolute atomic E-state index is 0.0168. The van der Waals surface area contributed by atoms with Crippen LogP contribution in [-0.2, 0) is 19.6 Å². The molecule has 2 bridgehead atoms. The van der Waals surface area contributed by atoms with Gasteiger partial charge in [0.05, 0.1) is 24.0 Å². The van der Waals surface area contributed by atoms with E-state index in [0.717, 1.165) is 44.1 Å². The van der Waals surface area contributed by atoms with Crippen LogP contribution >= 0.6 is 11.6 Å². The van der Waals surface area contributed by atoms with E-state index in [9.17, 15) is 17.6 Å². The van der Waals surface area contributed by atoms with Crippen molar-refractivity contribution in [1.29, 1.82) is 0 Å². The van der Waals surface area contributed by atoms with Crippen LogP contribution in [0.5, 0.6) is 0 Å². The van der Waals surface area contributed by atoms with E-state index in [1.54, 1.807) is 16.4 Å². The van der Waals surface area contributed by atoms with Crippen molar-refractivity contribution in [2.24, 2.45) is 5.92 Å². The van der Waals surface area contributed by atoms with Gasteiger partial charge in [-0.3, -0.25) is 9.69 Å². The maximum atomic E-state index is 14.3. The van der Waals surface area contributed by atoms with Gasteiger partial charge in [0.2, 0.25) is 15.9 Å².